The van der Waals surface area contributed by atoms with Crippen molar-refractivity contribution in [2.75, 3.05) is 20.2 Å². The number of carbonyl (C=O) groups excluding carboxylic acids is 2. The highest BCUT2D eigenvalue weighted by Gasteiger charge is 2.54. The molecule has 0 saturated carbocycles. The van der Waals surface area contributed by atoms with Crippen molar-refractivity contribution >= 4 is 11.8 Å². The van der Waals surface area contributed by atoms with Gasteiger partial charge in [-0.2, -0.15) is 0 Å². The Hall–Kier alpha value is -3.51. The van der Waals surface area contributed by atoms with Gasteiger partial charge < -0.3 is 15.0 Å². The Morgan fingerprint density at radius 2 is 1.69 bits per heavy atom. The molecule has 0 radical (unpaired) electrons. The van der Waals surface area contributed by atoms with Crippen LogP contribution in [0.3, 0.4) is 0 Å². The lowest BCUT2D eigenvalue weighted by Crippen LogP contribution is -2.51. The minimum atomic E-state index is -0.253. The van der Waals surface area contributed by atoms with E-state index in [0.29, 0.717) is 25.1 Å². The van der Waals surface area contributed by atoms with Gasteiger partial charge in [0.25, 0.3) is 5.91 Å². The molecule has 1 spiro atoms. The van der Waals surface area contributed by atoms with Crippen LogP contribution in [0, 0.1) is 0 Å². The maximum atomic E-state index is 13.0. The molecule has 5 rings (SSSR count). The summed E-state index contributed by atoms with van der Waals surface area (Å²) in [5, 5.41) is 3.22. The van der Waals surface area contributed by atoms with Crippen molar-refractivity contribution in [2.24, 2.45) is 0 Å². The van der Waals surface area contributed by atoms with Gasteiger partial charge in [-0.1, -0.05) is 54.6 Å². The van der Waals surface area contributed by atoms with Gasteiger partial charge in [-0.05, 0) is 48.1 Å². The summed E-state index contributed by atoms with van der Waals surface area (Å²) < 4.78 is 6.11. The van der Waals surface area contributed by atoms with E-state index in [1.807, 2.05) is 29.2 Å². The largest absolute Gasteiger partial charge is 0.378 e. The van der Waals surface area contributed by atoms with Gasteiger partial charge in [0.15, 0.2) is 0 Å². The van der Waals surface area contributed by atoms with Crippen LogP contribution in [-0.2, 0) is 21.4 Å². The molecular formula is C29H31N3O3. The zero-order chi connectivity index (χ0) is 24.3. The first-order valence-corrected chi connectivity index (χ1v) is 12.3. The Balaban J connectivity index is 1.32. The summed E-state index contributed by atoms with van der Waals surface area (Å²) in [6, 6.07) is 21.6. The van der Waals surface area contributed by atoms with Crippen LogP contribution in [0.2, 0.25) is 0 Å². The topological polar surface area (TPSA) is 71.5 Å². The monoisotopic (exact) mass is 469 g/mol. The number of hydrogen-bond acceptors (Lipinski definition) is 4. The molecule has 1 saturated heterocycles. The second-order valence-electron chi connectivity index (χ2n) is 9.45. The van der Waals surface area contributed by atoms with Crippen LogP contribution in [-0.4, -0.2) is 48.0 Å². The molecular weight excluding hydrogens is 438 g/mol. The SMILES string of the molecule is CO[C@H]1[C@H](NC(=O)c2ccncc2)c2ccccc2C12CCN(C(=O)CCc1ccccc1)CC2. The molecule has 2 aliphatic rings. The fourth-order valence-corrected chi connectivity index (χ4v) is 5.86. The van der Waals surface area contributed by atoms with Gasteiger partial charge in [0.2, 0.25) is 5.91 Å². The average molecular weight is 470 g/mol. The van der Waals surface area contributed by atoms with E-state index in [2.05, 4.69) is 40.6 Å². The van der Waals surface area contributed by atoms with Gasteiger partial charge in [0, 0.05) is 50.0 Å². The number of hydrogen-bond donors (Lipinski definition) is 1. The average Bonchev–Trinajstić information content (AvgIpc) is 3.17. The molecule has 0 unspecified atom stereocenters. The third-order valence-corrected chi connectivity index (χ3v) is 7.64. The molecule has 6 nitrogen and oxygen atoms in total. The summed E-state index contributed by atoms with van der Waals surface area (Å²) in [6.45, 7) is 1.37. The molecule has 2 heterocycles. The first kappa shape index (κ1) is 23.2. The lowest BCUT2D eigenvalue weighted by molar-refractivity contribution is -0.133. The molecule has 2 atom stereocenters. The van der Waals surface area contributed by atoms with Crippen LogP contribution in [0.25, 0.3) is 0 Å². The summed E-state index contributed by atoms with van der Waals surface area (Å²) >= 11 is 0. The summed E-state index contributed by atoms with van der Waals surface area (Å²) in [4.78, 5) is 32.0. The highest BCUT2D eigenvalue weighted by atomic mass is 16.5. The number of methoxy groups -OCH3 is 1. The molecule has 35 heavy (non-hydrogen) atoms. The zero-order valence-electron chi connectivity index (χ0n) is 20.0. The Bertz CT molecular complexity index is 1170. The number of carbonyl (C=O) groups is 2. The van der Waals surface area contributed by atoms with Crippen LogP contribution in [0.5, 0.6) is 0 Å². The Morgan fingerprint density at radius 1 is 1.00 bits per heavy atom. The van der Waals surface area contributed by atoms with Gasteiger partial charge in [0.1, 0.15) is 0 Å². The number of pyridine rings is 1. The van der Waals surface area contributed by atoms with Crippen molar-refractivity contribution in [3.8, 4) is 0 Å². The number of likely N-dealkylation sites (tertiary alicyclic amines) is 1. The number of amides is 2. The summed E-state index contributed by atoms with van der Waals surface area (Å²) in [5.41, 5.74) is 3.85. The number of aromatic nitrogens is 1. The predicted molar refractivity (Wildman–Crippen MR) is 134 cm³/mol. The molecule has 1 fully saturated rings. The van der Waals surface area contributed by atoms with E-state index in [9.17, 15) is 9.59 Å². The lowest BCUT2D eigenvalue weighted by Gasteiger charge is -2.44. The van der Waals surface area contributed by atoms with Crippen LogP contribution < -0.4 is 5.32 Å². The number of piperidine rings is 1. The molecule has 6 heteroatoms. The number of nitrogens with one attached hydrogen (secondary N) is 1. The fourth-order valence-electron chi connectivity index (χ4n) is 5.86. The van der Waals surface area contributed by atoms with Crippen LogP contribution in [0.4, 0.5) is 0 Å². The van der Waals surface area contributed by atoms with Crippen LogP contribution in [0.1, 0.15) is 52.4 Å². The lowest BCUT2D eigenvalue weighted by atomic mass is 9.71. The standard InChI is InChI=1S/C29H31N3O3/c1-35-27-26(31-28(34)22-13-17-30-18-14-22)23-9-5-6-10-24(23)29(27)15-19-32(20-16-29)25(33)12-11-21-7-3-2-4-8-21/h2-10,13-14,17-18,26-27H,11-12,15-16,19-20H2,1H3,(H,31,34)/t26-,27+/m1/s1. The smallest absolute Gasteiger partial charge is 0.251 e. The molecule has 1 aromatic heterocycles. The van der Waals surface area contributed by atoms with E-state index in [-0.39, 0.29) is 29.4 Å². The highest BCUT2D eigenvalue weighted by molar-refractivity contribution is 5.94. The molecule has 2 aromatic carbocycles. The van der Waals surface area contributed by atoms with Crippen molar-refractivity contribution in [2.45, 2.75) is 43.2 Å². The number of benzene rings is 2. The van der Waals surface area contributed by atoms with Crippen molar-refractivity contribution < 1.29 is 14.3 Å². The molecule has 3 aromatic rings. The first-order chi connectivity index (χ1) is 17.1. The fraction of sp³-hybridized carbons (Fsp3) is 0.345. The van der Waals surface area contributed by atoms with E-state index < -0.39 is 0 Å². The second-order valence-corrected chi connectivity index (χ2v) is 9.45. The maximum absolute atomic E-state index is 13.0. The Labute approximate surface area is 206 Å². The van der Waals surface area contributed by atoms with Crippen molar-refractivity contribution in [1.29, 1.82) is 0 Å². The Kier molecular flexibility index (Phi) is 6.64. The quantitative estimate of drug-likeness (QED) is 0.591. The Morgan fingerprint density at radius 3 is 2.40 bits per heavy atom. The van der Waals surface area contributed by atoms with Crippen LogP contribution >= 0.6 is 0 Å². The maximum Gasteiger partial charge on any atom is 0.251 e. The third-order valence-electron chi connectivity index (χ3n) is 7.64. The predicted octanol–water partition coefficient (Wildman–Crippen LogP) is 4.07. The van der Waals surface area contributed by atoms with Crippen molar-refractivity contribution in [3.05, 3.63) is 101 Å². The van der Waals surface area contributed by atoms with E-state index >= 15 is 0 Å². The molecule has 2 amide bonds. The third kappa shape index (κ3) is 4.46. The summed E-state index contributed by atoms with van der Waals surface area (Å²) in [6.07, 6.45) is 5.93. The molecule has 1 aliphatic carbocycles. The van der Waals surface area contributed by atoms with Gasteiger partial charge in [-0.3, -0.25) is 14.6 Å². The molecule has 0 bridgehead atoms. The van der Waals surface area contributed by atoms with Gasteiger partial charge in [-0.15, -0.1) is 0 Å². The molecule has 1 N–H and O–H groups in total. The normalized spacial score (nSPS) is 20.4. The minimum Gasteiger partial charge on any atom is -0.378 e. The zero-order valence-corrected chi connectivity index (χ0v) is 20.0. The minimum absolute atomic E-state index is 0.139. The van der Waals surface area contributed by atoms with Crippen LogP contribution in [0.15, 0.2) is 79.1 Å². The van der Waals surface area contributed by atoms with Crippen molar-refractivity contribution in [1.82, 2.24) is 15.2 Å². The summed E-state index contributed by atoms with van der Waals surface area (Å²) in [7, 11) is 1.72. The van der Waals surface area contributed by atoms with Gasteiger partial charge in [0.05, 0.1) is 12.1 Å². The van der Waals surface area contributed by atoms with Crippen molar-refractivity contribution in [3.63, 3.8) is 0 Å². The number of aryl methyl sites for hydroxylation is 1. The molecule has 180 valence electrons. The highest BCUT2D eigenvalue weighted by Crippen LogP contribution is 2.52. The van der Waals surface area contributed by atoms with E-state index in [1.54, 1.807) is 31.6 Å². The first-order valence-electron chi connectivity index (χ1n) is 12.3. The number of nitrogens with zero attached hydrogens (tertiary/aromatic N) is 2. The van der Waals surface area contributed by atoms with E-state index in [0.717, 1.165) is 24.8 Å². The molecule has 1 aliphatic heterocycles. The number of fused-ring (bicyclic) bond motifs is 2. The van der Waals surface area contributed by atoms with E-state index in [4.69, 9.17) is 4.74 Å². The second kappa shape index (κ2) is 10.0. The van der Waals surface area contributed by atoms with E-state index in [1.165, 1.54) is 11.1 Å². The van der Waals surface area contributed by atoms with Gasteiger partial charge >= 0.3 is 0 Å². The number of ether oxygens (including phenoxy) is 1. The van der Waals surface area contributed by atoms with Gasteiger partial charge in [-0.25, -0.2) is 0 Å². The number of rotatable bonds is 6. The summed E-state index contributed by atoms with van der Waals surface area (Å²) in [5.74, 6) is 0.0614.